The number of rotatable bonds is 7. The number of aryl methyl sites for hydroxylation is 1. The molecule has 1 fully saturated rings. The number of imidazole rings is 1. The van der Waals surface area contributed by atoms with Gasteiger partial charge in [-0.05, 0) is 12.8 Å². The molecule has 128 valence electrons. The van der Waals surface area contributed by atoms with Crippen LogP contribution in [0.3, 0.4) is 0 Å². The summed E-state index contributed by atoms with van der Waals surface area (Å²) < 4.78 is 2.04. The van der Waals surface area contributed by atoms with Crippen molar-refractivity contribution in [1.82, 2.24) is 19.8 Å². The molecule has 0 bridgehead atoms. The SMILES string of the molecule is CCc1nccn1CCNC(=O)CCC(=O)N1CCCCCC1. The largest absolute Gasteiger partial charge is 0.354 e. The molecule has 0 unspecified atom stereocenters. The second-order valence-electron chi connectivity index (χ2n) is 6.04. The molecule has 0 radical (unpaired) electrons. The number of hydrogen-bond acceptors (Lipinski definition) is 3. The molecular formula is C17H28N4O2. The maximum absolute atomic E-state index is 12.1. The molecular weight excluding hydrogens is 292 g/mol. The molecule has 1 aromatic heterocycles. The molecule has 0 saturated carbocycles. The lowest BCUT2D eigenvalue weighted by molar-refractivity contribution is -0.133. The van der Waals surface area contributed by atoms with E-state index >= 15 is 0 Å². The van der Waals surface area contributed by atoms with Gasteiger partial charge < -0.3 is 14.8 Å². The van der Waals surface area contributed by atoms with Crippen LogP contribution < -0.4 is 5.32 Å². The Kier molecular flexibility index (Phi) is 7.10. The molecule has 1 aliphatic heterocycles. The van der Waals surface area contributed by atoms with Crippen LogP contribution in [0.15, 0.2) is 12.4 Å². The molecule has 1 N–H and O–H groups in total. The van der Waals surface area contributed by atoms with Gasteiger partial charge in [-0.25, -0.2) is 4.98 Å². The summed E-state index contributed by atoms with van der Waals surface area (Å²) in [6, 6.07) is 0. The zero-order valence-electron chi connectivity index (χ0n) is 14.1. The van der Waals surface area contributed by atoms with E-state index in [1.54, 1.807) is 6.20 Å². The lowest BCUT2D eigenvalue weighted by atomic mass is 10.2. The average molecular weight is 320 g/mol. The molecule has 2 heterocycles. The van der Waals surface area contributed by atoms with Crippen LogP contribution in [0.5, 0.6) is 0 Å². The van der Waals surface area contributed by atoms with Gasteiger partial charge in [0.25, 0.3) is 0 Å². The number of nitrogens with one attached hydrogen (secondary N) is 1. The summed E-state index contributed by atoms with van der Waals surface area (Å²) in [5, 5.41) is 2.88. The van der Waals surface area contributed by atoms with Crippen LogP contribution >= 0.6 is 0 Å². The van der Waals surface area contributed by atoms with Crippen LogP contribution in [0.2, 0.25) is 0 Å². The van der Waals surface area contributed by atoms with Crippen molar-refractivity contribution in [3.05, 3.63) is 18.2 Å². The number of aromatic nitrogens is 2. The standard InChI is InChI=1S/C17H28N4O2/c1-2-15-18-9-13-20(15)14-10-19-16(22)7-8-17(23)21-11-5-3-4-6-12-21/h9,13H,2-8,10-12,14H2,1H3,(H,19,22). The first-order valence-electron chi connectivity index (χ1n) is 8.75. The van der Waals surface area contributed by atoms with Crippen molar-refractivity contribution in [2.75, 3.05) is 19.6 Å². The Hall–Kier alpha value is -1.85. The summed E-state index contributed by atoms with van der Waals surface area (Å²) in [7, 11) is 0. The fourth-order valence-corrected chi connectivity index (χ4v) is 2.96. The van der Waals surface area contributed by atoms with Gasteiger partial charge in [0.2, 0.25) is 11.8 Å². The Labute approximate surface area is 138 Å². The van der Waals surface area contributed by atoms with E-state index in [0.717, 1.165) is 44.7 Å². The molecule has 0 atom stereocenters. The third-order valence-corrected chi connectivity index (χ3v) is 4.32. The quantitative estimate of drug-likeness (QED) is 0.832. The molecule has 6 nitrogen and oxygen atoms in total. The molecule has 2 amide bonds. The van der Waals surface area contributed by atoms with Crippen molar-refractivity contribution in [2.24, 2.45) is 0 Å². The van der Waals surface area contributed by atoms with Gasteiger partial charge in [-0.15, -0.1) is 0 Å². The number of hydrogen-bond donors (Lipinski definition) is 1. The highest BCUT2D eigenvalue weighted by Gasteiger charge is 2.16. The zero-order valence-corrected chi connectivity index (χ0v) is 14.1. The number of nitrogens with zero attached hydrogens (tertiary/aromatic N) is 3. The van der Waals surface area contributed by atoms with Crippen molar-refractivity contribution in [2.45, 2.75) is 58.4 Å². The summed E-state index contributed by atoms with van der Waals surface area (Å²) in [4.78, 5) is 30.2. The topological polar surface area (TPSA) is 67.2 Å². The van der Waals surface area contributed by atoms with Crippen molar-refractivity contribution in [1.29, 1.82) is 0 Å². The normalized spacial score (nSPS) is 15.3. The molecule has 0 aliphatic carbocycles. The Morgan fingerprint density at radius 2 is 1.91 bits per heavy atom. The Bertz CT molecular complexity index is 504. The summed E-state index contributed by atoms with van der Waals surface area (Å²) in [6.45, 7) is 5.04. The highest BCUT2D eigenvalue weighted by atomic mass is 16.2. The third kappa shape index (κ3) is 5.69. The molecule has 1 aliphatic rings. The van der Waals surface area contributed by atoms with Gasteiger partial charge >= 0.3 is 0 Å². The summed E-state index contributed by atoms with van der Waals surface area (Å²) >= 11 is 0. The molecule has 0 spiro atoms. The number of likely N-dealkylation sites (tertiary alicyclic amines) is 1. The van der Waals surface area contributed by atoms with Crippen LogP contribution in [0, 0.1) is 0 Å². The minimum atomic E-state index is -0.0497. The predicted molar refractivity (Wildman–Crippen MR) is 88.9 cm³/mol. The van der Waals surface area contributed by atoms with Crippen LogP contribution in [-0.2, 0) is 22.6 Å². The molecule has 1 aromatic rings. The van der Waals surface area contributed by atoms with Gasteiger partial charge in [0.15, 0.2) is 0 Å². The van der Waals surface area contributed by atoms with Gasteiger partial charge in [-0.2, -0.15) is 0 Å². The number of carbonyl (C=O) groups excluding carboxylic acids is 2. The van der Waals surface area contributed by atoms with E-state index in [1.807, 2.05) is 15.7 Å². The van der Waals surface area contributed by atoms with E-state index in [2.05, 4.69) is 17.2 Å². The third-order valence-electron chi connectivity index (χ3n) is 4.32. The monoisotopic (exact) mass is 320 g/mol. The zero-order chi connectivity index (χ0) is 16.5. The summed E-state index contributed by atoms with van der Waals surface area (Å²) in [6.07, 6.45) is 9.76. The van der Waals surface area contributed by atoms with Crippen molar-refractivity contribution < 1.29 is 9.59 Å². The van der Waals surface area contributed by atoms with Crippen molar-refractivity contribution in [3.63, 3.8) is 0 Å². The first kappa shape index (κ1) is 17.5. The molecule has 1 saturated heterocycles. The van der Waals surface area contributed by atoms with E-state index < -0.39 is 0 Å². The molecule has 6 heteroatoms. The van der Waals surface area contributed by atoms with Crippen LogP contribution in [0.25, 0.3) is 0 Å². The Morgan fingerprint density at radius 1 is 1.17 bits per heavy atom. The van der Waals surface area contributed by atoms with E-state index in [-0.39, 0.29) is 18.2 Å². The van der Waals surface area contributed by atoms with Crippen LogP contribution in [-0.4, -0.2) is 45.9 Å². The van der Waals surface area contributed by atoms with E-state index in [9.17, 15) is 9.59 Å². The van der Waals surface area contributed by atoms with E-state index in [4.69, 9.17) is 0 Å². The lowest BCUT2D eigenvalue weighted by Gasteiger charge is -2.20. The number of amides is 2. The van der Waals surface area contributed by atoms with Crippen LogP contribution in [0.1, 0.15) is 51.3 Å². The predicted octanol–water partition coefficient (Wildman–Crippen LogP) is 1.74. The van der Waals surface area contributed by atoms with Gasteiger partial charge in [-0.3, -0.25) is 9.59 Å². The van der Waals surface area contributed by atoms with E-state index in [0.29, 0.717) is 13.0 Å². The summed E-state index contributed by atoms with van der Waals surface area (Å²) in [5.74, 6) is 1.09. The fraction of sp³-hybridized carbons (Fsp3) is 0.706. The van der Waals surface area contributed by atoms with Gasteiger partial charge in [-0.1, -0.05) is 19.8 Å². The average Bonchev–Trinajstić information content (AvgIpc) is 2.83. The van der Waals surface area contributed by atoms with Crippen molar-refractivity contribution >= 4 is 11.8 Å². The second-order valence-corrected chi connectivity index (χ2v) is 6.04. The minimum absolute atomic E-state index is 0.0497. The Balaban J connectivity index is 1.63. The highest BCUT2D eigenvalue weighted by molar-refractivity contribution is 5.83. The molecule has 0 aromatic carbocycles. The highest BCUT2D eigenvalue weighted by Crippen LogP contribution is 2.11. The lowest BCUT2D eigenvalue weighted by Crippen LogP contribution is -2.33. The second kappa shape index (κ2) is 9.33. The Morgan fingerprint density at radius 3 is 2.61 bits per heavy atom. The molecule has 23 heavy (non-hydrogen) atoms. The van der Waals surface area contributed by atoms with Crippen LogP contribution in [0.4, 0.5) is 0 Å². The van der Waals surface area contributed by atoms with Gasteiger partial charge in [0.1, 0.15) is 5.82 Å². The number of carbonyl (C=O) groups is 2. The maximum atomic E-state index is 12.1. The molecule has 2 rings (SSSR count). The summed E-state index contributed by atoms with van der Waals surface area (Å²) in [5.41, 5.74) is 0. The first-order valence-corrected chi connectivity index (χ1v) is 8.75. The van der Waals surface area contributed by atoms with Gasteiger partial charge in [0.05, 0.1) is 0 Å². The smallest absolute Gasteiger partial charge is 0.223 e. The first-order chi connectivity index (χ1) is 11.2. The van der Waals surface area contributed by atoms with E-state index in [1.165, 1.54) is 12.8 Å². The van der Waals surface area contributed by atoms with Gasteiger partial charge in [0, 0.05) is 57.8 Å². The maximum Gasteiger partial charge on any atom is 0.223 e. The fourth-order valence-electron chi connectivity index (χ4n) is 2.96. The minimum Gasteiger partial charge on any atom is -0.354 e. The van der Waals surface area contributed by atoms with Crippen molar-refractivity contribution in [3.8, 4) is 0 Å².